The van der Waals surface area contributed by atoms with E-state index in [0.29, 0.717) is 17.1 Å². The molecule has 0 aliphatic rings. The van der Waals surface area contributed by atoms with Crippen molar-refractivity contribution >= 4 is 27.5 Å². The molecule has 2 aromatic carbocycles. The van der Waals surface area contributed by atoms with Crippen LogP contribution in [0.5, 0.6) is 0 Å². The van der Waals surface area contributed by atoms with Gasteiger partial charge in [-0.3, -0.25) is 4.79 Å². The molecule has 0 bridgehead atoms. The third kappa shape index (κ3) is 6.86. The van der Waals surface area contributed by atoms with Gasteiger partial charge in [0.15, 0.2) is 0 Å². The zero-order valence-corrected chi connectivity index (χ0v) is 15.7. The molecule has 0 aliphatic heterocycles. The Morgan fingerprint density at radius 3 is 2.44 bits per heavy atom. The van der Waals surface area contributed by atoms with Crippen LogP contribution < -0.4 is 10.0 Å². The standard InChI is InChI=1S/C18H21ClN2O3S/c1-13-4-3-5-14(10-13)12-20-18(22)11-17(21-25(2,23)24)15-6-8-16(19)9-7-15/h3-10,17,21H,11-12H2,1-2H3,(H,20,22)/t17-/m0/s1. The Balaban J connectivity index is 2.05. The maximum Gasteiger partial charge on any atom is 0.222 e. The lowest BCUT2D eigenvalue weighted by Crippen LogP contribution is -2.33. The lowest BCUT2D eigenvalue weighted by atomic mass is 10.0. The number of halogens is 1. The van der Waals surface area contributed by atoms with E-state index in [4.69, 9.17) is 11.6 Å². The fourth-order valence-electron chi connectivity index (χ4n) is 2.46. The van der Waals surface area contributed by atoms with Gasteiger partial charge in [0.25, 0.3) is 0 Å². The number of aryl methyl sites for hydroxylation is 1. The van der Waals surface area contributed by atoms with Gasteiger partial charge in [0.05, 0.1) is 12.3 Å². The topological polar surface area (TPSA) is 75.3 Å². The average molecular weight is 381 g/mol. The Kier molecular flexibility index (Phi) is 6.58. The molecular weight excluding hydrogens is 360 g/mol. The highest BCUT2D eigenvalue weighted by molar-refractivity contribution is 7.88. The van der Waals surface area contributed by atoms with E-state index < -0.39 is 16.1 Å². The number of nitrogens with one attached hydrogen (secondary N) is 2. The van der Waals surface area contributed by atoms with Crippen molar-refractivity contribution < 1.29 is 13.2 Å². The van der Waals surface area contributed by atoms with Gasteiger partial charge >= 0.3 is 0 Å². The van der Waals surface area contributed by atoms with Crippen LogP contribution in [0.25, 0.3) is 0 Å². The fourth-order valence-corrected chi connectivity index (χ4v) is 3.32. The Bertz CT molecular complexity index is 836. The predicted molar refractivity (Wildman–Crippen MR) is 99.8 cm³/mol. The lowest BCUT2D eigenvalue weighted by molar-refractivity contribution is -0.121. The molecule has 0 heterocycles. The first kappa shape index (κ1) is 19.4. The van der Waals surface area contributed by atoms with E-state index in [9.17, 15) is 13.2 Å². The number of benzene rings is 2. The first-order chi connectivity index (χ1) is 11.7. The fraction of sp³-hybridized carbons (Fsp3) is 0.278. The van der Waals surface area contributed by atoms with Crippen LogP contribution in [0.2, 0.25) is 5.02 Å². The molecule has 0 fully saturated rings. The van der Waals surface area contributed by atoms with Crippen LogP contribution >= 0.6 is 11.6 Å². The number of carbonyl (C=O) groups excluding carboxylic acids is 1. The summed E-state index contributed by atoms with van der Waals surface area (Å²) in [6.07, 6.45) is 1.07. The molecule has 0 spiro atoms. The smallest absolute Gasteiger partial charge is 0.222 e. The Hall–Kier alpha value is -1.89. The monoisotopic (exact) mass is 380 g/mol. The van der Waals surface area contributed by atoms with Crippen LogP contribution in [0, 0.1) is 6.92 Å². The van der Waals surface area contributed by atoms with Crippen molar-refractivity contribution in [3.8, 4) is 0 Å². The molecule has 134 valence electrons. The minimum atomic E-state index is -3.46. The molecule has 2 N–H and O–H groups in total. The molecule has 5 nitrogen and oxygen atoms in total. The summed E-state index contributed by atoms with van der Waals surface area (Å²) in [5.41, 5.74) is 2.79. The van der Waals surface area contributed by atoms with Gasteiger partial charge in [-0.15, -0.1) is 0 Å². The van der Waals surface area contributed by atoms with Crippen LogP contribution in [0.1, 0.15) is 29.2 Å². The number of carbonyl (C=O) groups is 1. The van der Waals surface area contributed by atoms with Gasteiger partial charge in [-0.2, -0.15) is 0 Å². The molecule has 1 atom stereocenters. The van der Waals surface area contributed by atoms with E-state index in [1.165, 1.54) is 0 Å². The highest BCUT2D eigenvalue weighted by Crippen LogP contribution is 2.20. The molecule has 0 saturated carbocycles. The third-order valence-electron chi connectivity index (χ3n) is 3.59. The summed E-state index contributed by atoms with van der Waals surface area (Å²) in [6.45, 7) is 2.38. The van der Waals surface area contributed by atoms with E-state index >= 15 is 0 Å². The zero-order chi connectivity index (χ0) is 18.4. The quantitative estimate of drug-likeness (QED) is 0.775. The molecule has 0 aromatic heterocycles. The summed E-state index contributed by atoms with van der Waals surface area (Å²) in [6, 6.07) is 13.9. The Morgan fingerprint density at radius 1 is 1.16 bits per heavy atom. The summed E-state index contributed by atoms with van der Waals surface area (Å²) in [7, 11) is -3.46. The molecule has 0 unspecified atom stereocenters. The first-order valence-corrected chi connectivity index (χ1v) is 10.0. The number of sulfonamides is 1. The maximum atomic E-state index is 12.3. The van der Waals surface area contributed by atoms with Crippen LogP contribution in [0.4, 0.5) is 0 Å². The molecule has 1 amide bonds. The Morgan fingerprint density at radius 2 is 1.84 bits per heavy atom. The van der Waals surface area contributed by atoms with Gasteiger partial charge in [-0.1, -0.05) is 53.6 Å². The molecule has 7 heteroatoms. The minimum Gasteiger partial charge on any atom is -0.352 e. The summed E-state index contributed by atoms with van der Waals surface area (Å²) < 4.78 is 25.7. The highest BCUT2D eigenvalue weighted by atomic mass is 35.5. The summed E-state index contributed by atoms with van der Waals surface area (Å²) in [5, 5.41) is 3.37. The molecule has 25 heavy (non-hydrogen) atoms. The van der Waals surface area contributed by atoms with Crippen molar-refractivity contribution in [2.45, 2.75) is 25.9 Å². The van der Waals surface area contributed by atoms with Gasteiger partial charge in [0, 0.05) is 18.0 Å². The van der Waals surface area contributed by atoms with Crippen molar-refractivity contribution in [3.63, 3.8) is 0 Å². The van der Waals surface area contributed by atoms with Crippen LogP contribution in [-0.4, -0.2) is 20.6 Å². The Labute approximate surface area is 153 Å². The van der Waals surface area contributed by atoms with Crippen molar-refractivity contribution in [1.82, 2.24) is 10.0 Å². The third-order valence-corrected chi connectivity index (χ3v) is 4.56. The number of hydrogen-bond acceptors (Lipinski definition) is 3. The highest BCUT2D eigenvalue weighted by Gasteiger charge is 2.19. The van der Waals surface area contributed by atoms with Crippen LogP contribution in [0.3, 0.4) is 0 Å². The summed E-state index contributed by atoms with van der Waals surface area (Å²) in [4.78, 5) is 12.3. The molecular formula is C18H21ClN2O3S. The van der Waals surface area contributed by atoms with E-state index in [1.54, 1.807) is 24.3 Å². The van der Waals surface area contributed by atoms with E-state index in [2.05, 4.69) is 10.0 Å². The van der Waals surface area contributed by atoms with Gasteiger partial charge in [-0.05, 0) is 30.2 Å². The van der Waals surface area contributed by atoms with Crippen molar-refractivity contribution in [2.24, 2.45) is 0 Å². The minimum absolute atomic E-state index is 0.000514. The molecule has 0 aliphatic carbocycles. The second-order valence-electron chi connectivity index (χ2n) is 5.96. The zero-order valence-electron chi connectivity index (χ0n) is 14.1. The summed E-state index contributed by atoms with van der Waals surface area (Å²) in [5.74, 6) is -0.238. The van der Waals surface area contributed by atoms with Gasteiger partial charge in [0.1, 0.15) is 0 Å². The second kappa shape index (κ2) is 8.47. The maximum absolute atomic E-state index is 12.3. The molecule has 2 rings (SSSR count). The second-order valence-corrected chi connectivity index (χ2v) is 8.18. The van der Waals surface area contributed by atoms with E-state index in [-0.39, 0.29) is 12.3 Å². The summed E-state index contributed by atoms with van der Waals surface area (Å²) >= 11 is 5.87. The average Bonchev–Trinajstić information content (AvgIpc) is 2.52. The number of hydrogen-bond donors (Lipinski definition) is 2. The number of amides is 1. The van der Waals surface area contributed by atoms with Crippen LogP contribution in [0.15, 0.2) is 48.5 Å². The van der Waals surface area contributed by atoms with Gasteiger partial charge in [-0.25, -0.2) is 13.1 Å². The lowest BCUT2D eigenvalue weighted by Gasteiger charge is -2.18. The molecule has 2 aromatic rings. The van der Waals surface area contributed by atoms with Gasteiger partial charge < -0.3 is 5.32 Å². The first-order valence-electron chi connectivity index (χ1n) is 7.78. The van der Waals surface area contributed by atoms with E-state index in [0.717, 1.165) is 17.4 Å². The van der Waals surface area contributed by atoms with Crippen molar-refractivity contribution in [2.75, 3.05) is 6.26 Å². The molecule has 0 radical (unpaired) electrons. The molecule has 0 saturated heterocycles. The predicted octanol–water partition coefficient (Wildman–Crippen LogP) is 2.95. The van der Waals surface area contributed by atoms with Crippen molar-refractivity contribution in [1.29, 1.82) is 0 Å². The SMILES string of the molecule is Cc1cccc(CNC(=O)C[C@H](NS(C)(=O)=O)c2ccc(Cl)cc2)c1. The van der Waals surface area contributed by atoms with Crippen LogP contribution in [-0.2, 0) is 21.4 Å². The van der Waals surface area contributed by atoms with Gasteiger partial charge in [0.2, 0.25) is 15.9 Å². The van der Waals surface area contributed by atoms with Crippen molar-refractivity contribution in [3.05, 3.63) is 70.2 Å². The van der Waals surface area contributed by atoms with E-state index in [1.807, 2.05) is 31.2 Å². The normalized spacial score (nSPS) is 12.6. The largest absolute Gasteiger partial charge is 0.352 e. The number of rotatable bonds is 7.